The van der Waals surface area contributed by atoms with Crippen molar-refractivity contribution in [2.75, 3.05) is 0 Å². The number of ketones is 2. The molecule has 0 spiro atoms. The van der Waals surface area contributed by atoms with Gasteiger partial charge in [-0.3, -0.25) is 9.59 Å². The number of allylic oxidation sites excluding steroid dienone is 1. The predicted octanol–water partition coefficient (Wildman–Crippen LogP) is 2.47. The van der Waals surface area contributed by atoms with Gasteiger partial charge < -0.3 is 15.9 Å². The molecule has 2 rings (SSSR count). The van der Waals surface area contributed by atoms with E-state index in [0.717, 1.165) is 11.6 Å². The fourth-order valence-corrected chi connectivity index (χ4v) is 2.13. The largest absolute Gasteiger partial charge is 0.478 e. The van der Waals surface area contributed by atoms with Crippen molar-refractivity contribution in [3.8, 4) is 0 Å². The normalized spacial score (nSPS) is 9.56. The number of carboxylic acids is 2. The van der Waals surface area contributed by atoms with Gasteiger partial charge in [-0.2, -0.15) is 0 Å². The molecular formula is C20H19NO6. The Labute approximate surface area is 155 Å². The molecule has 140 valence electrons. The minimum Gasteiger partial charge on any atom is -0.478 e. The molecular weight excluding hydrogens is 350 g/mol. The van der Waals surface area contributed by atoms with Gasteiger partial charge in [0.15, 0.2) is 0 Å². The Morgan fingerprint density at radius 2 is 1.44 bits per heavy atom. The van der Waals surface area contributed by atoms with Gasteiger partial charge in [-0.25, -0.2) is 9.59 Å². The number of nitrogens with two attached hydrogens (primary N) is 1. The van der Waals surface area contributed by atoms with Crippen LogP contribution in [0, 0.1) is 6.92 Å². The highest BCUT2D eigenvalue weighted by molar-refractivity contribution is 6.47. The lowest BCUT2D eigenvalue weighted by atomic mass is 10.0. The Kier molecular flexibility index (Phi) is 7.78. The number of carboxylic acid groups (broad SMARTS) is 2. The molecule has 0 unspecified atom stereocenters. The van der Waals surface area contributed by atoms with Gasteiger partial charge in [0.2, 0.25) is 11.6 Å². The van der Waals surface area contributed by atoms with Gasteiger partial charge in [0.05, 0.1) is 11.1 Å². The predicted molar refractivity (Wildman–Crippen MR) is 99.0 cm³/mol. The summed E-state index contributed by atoms with van der Waals surface area (Å²) in [6.45, 7) is 5.15. The first kappa shape index (κ1) is 21.5. The van der Waals surface area contributed by atoms with Crippen LogP contribution in [-0.4, -0.2) is 33.7 Å². The van der Waals surface area contributed by atoms with Gasteiger partial charge in [0.25, 0.3) is 0 Å². The van der Waals surface area contributed by atoms with Crippen molar-refractivity contribution in [2.24, 2.45) is 5.73 Å². The number of carbonyl (C=O) groups excluding carboxylic acids is 2. The van der Waals surface area contributed by atoms with Crippen LogP contribution in [0.15, 0.2) is 55.1 Å². The van der Waals surface area contributed by atoms with Crippen LogP contribution in [0.2, 0.25) is 0 Å². The van der Waals surface area contributed by atoms with Gasteiger partial charge in [0, 0.05) is 12.1 Å². The third-order valence-electron chi connectivity index (χ3n) is 3.66. The lowest BCUT2D eigenvalue weighted by Gasteiger charge is -2.03. The fourth-order valence-electron chi connectivity index (χ4n) is 2.13. The fraction of sp³-hybridized carbons (Fsp3) is 0.100. The smallest absolute Gasteiger partial charge is 0.335 e. The molecule has 0 heterocycles. The van der Waals surface area contributed by atoms with Crippen LogP contribution in [0.25, 0.3) is 0 Å². The zero-order valence-corrected chi connectivity index (χ0v) is 14.6. The van der Waals surface area contributed by atoms with Crippen molar-refractivity contribution >= 4 is 23.5 Å². The second-order valence-corrected chi connectivity index (χ2v) is 5.39. The SMILES string of the molecule is C=CC(=O)C(=O)c1ccc(CN)cc1.Cc1c(C(=O)O)cccc1C(=O)O. The maximum absolute atomic E-state index is 11.3. The van der Waals surface area contributed by atoms with Gasteiger partial charge >= 0.3 is 11.9 Å². The molecule has 7 nitrogen and oxygen atoms in total. The van der Waals surface area contributed by atoms with Crippen molar-refractivity contribution in [3.63, 3.8) is 0 Å². The summed E-state index contributed by atoms with van der Waals surface area (Å²) < 4.78 is 0. The zero-order chi connectivity index (χ0) is 20.6. The Morgan fingerprint density at radius 1 is 0.963 bits per heavy atom. The number of hydrogen-bond donors (Lipinski definition) is 3. The Morgan fingerprint density at radius 3 is 1.81 bits per heavy atom. The topological polar surface area (TPSA) is 135 Å². The zero-order valence-electron chi connectivity index (χ0n) is 14.6. The molecule has 7 heteroatoms. The summed E-state index contributed by atoms with van der Waals surface area (Å²) >= 11 is 0. The van der Waals surface area contributed by atoms with Crippen molar-refractivity contribution in [1.29, 1.82) is 0 Å². The summed E-state index contributed by atoms with van der Waals surface area (Å²) in [7, 11) is 0. The summed E-state index contributed by atoms with van der Waals surface area (Å²) in [6, 6.07) is 10.8. The molecule has 2 aromatic rings. The minimum absolute atomic E-state index is 0.0277. The molecule has 0 aromatic heterocycles. The van der Waals surface area contributed by atoms with E-state index in [1.165, 1.54) is 25.1 Å². The van der Waals surface area contributed by atoms with Crippen molar-refractivity contribution in [2.45, 2.75) is 13.5 Å². The maximum atomic E-state index is 11.3. The minimum atomic E-state index is -1.11. The molecule has 0 fully saturated rings. The van der Waals surface area contributed by atoms with E-state index in [9.17, 15) is 19.2 Å². The van der Waals surface area contributed by atoms with Crippen molar-refractivity contribution < 1.29 is 29.4 Å². The van der Waals surface area contributed by atoms with Crippen LogP contribution < -0.4 is 5.73 Å². The number of carbonyl (C=O) groups is 4. The maximum Gasteiger partial charge on any atom is 0.335 e. The van der Waals surface area contributed by atoms with Crippen LogP contribution in [0.1, 0.15) is 42.2 Å². The van der Waals surface area contributed by atoms with Crippen LogP contribution in [0.3, 0.4) is 0 Å². The molecule has 0 aliphatic carbocycles. The first-order chi connectivity index (χ1) is 12.7. The highest BCUT2D eigenvalue weighted by Crippen LogP contribution is 2.13. The molecule has 0 amide bonds. The molecule has 4 N–H and O–H groups in total. The molecule has 0 saturated heterocycles. The second kappa shape index (κ2) is 9.79. The highest BCUT2D eigenvalue weighted by Gasteiger charge is 2.13. The molecule has 27 heavy (non-hydrogen) atoms. The third-order valence-corrected chi connectivity index (χ3v) is 3.66. The molecule has 0 aliphatic rings. The quantitative estimate of drug-likeness (QED) is 0.404. The van der Waals surface area contributed by atoms with Crippen molar-refractivity contribution in [3.05, 3.63) is 82.9 Å². The first-order valence-electron chi connectivity index (χ1n) is 7.79. The number of rotatable bonds is 6. The number of benzene rings is 2. The average molecular weight is 369 g/mol. The Bertz CT molecular complexity index is 852. The van der Waals surface area contributed by atoms with Gasteiger partial charge in [-0.1, -0.05) is 36.9 Å². The number of hydrogen-bond acceptors (Lipinski definition) is 5. The molecule has 0 aliphatic heterocycles. The average Bonchev–Trinajstić information content (AvgIpc) is 2.67. The summed E-state index contributed by atoms with van der Waals surface area (Å²) in [5.41, 5.74) is 7.02. The summed E-state index contributed by atoms with van der Waals surface area (Å²) in [6.07, 6.45) is 1.01. The lowest BCUT2D eigenvalue weighted by molar-refractivity contribution is -0.110. The monoisotopic (exact) mass is 369 g/mol. The van der Waals surface area contributed by atoms with E-state index in [1.54, 1.807) is 24.3 Å². The van der Waals surface area contributed by atoms with Gasteiger partial charge in [-0.15, -0.1) is 0 Å². The third kappa shape index (κ3) is 5.72. The second-order valence-electron chi connectivity index (χ2n) is 5.39. The van der Waals surface area contributed by atoms with E-state index in [2.05, 4.69) is 6.58 Å². The highest BCUT2D eigenvalue weighted by atomic mass is 16.4. The molecule has 2 aromatic carbocycles. The van der Waals surface area contributed by atoms with Crippen molar-refractivity contribution in [1.82, 2.24) is 0 Å². The van der Waals surface area contributed by atoms with E-state index in [0.29, 0.717) is 12.1 Å². The van der Waals surface area contributed by atoms with Crippen LogP contribution in [-0.2, 0) is 11.3 Å². The van der Waals surface area contributed by atoms with Gasteiger partial charge in [0.1, 0.15) is 0 Å². The van der Waals surface area contributed by atoms with E-state index >= 15 is 0 Å². The Balaban J connectivity index is 0.000000271. The van der Waals surface area contributed by atoms with E-state index in [-0.39, 0.29) is 16.7 Å². The first-order valence-corrected chi connectivity index (χ1v) is 7.79. The molecule has 0 atom stereocenters. The van der Waals surface area contributed by atoms with E-state index in [4.69, 9.17) is 15.9 Å². The Hall–Kier alpha value is -3.58. The van der Waals surface area contributed by atoms with Crippen LogP contribution >= 0.6 is 0 Å². The lowest BCUT2D eigenvalue weighted by Crippen LogP contribution is -2.10. The van der Waals surface area contributed by atoms with E-state index in [1.807, 2.05) is 0 Å². The van der Waals surface area contributed by atoms with Crippen LogP contribution in [0.5, 0.6) is 0 Å². The number of aromatic carboxylic acids is 2. The standard InChI is InChI=1S/C11H11NO2.C9H8O4/c1-2-10(13)11(14)9-5-3-8(7-12)4-6-9;1-5-6(8(10)11)3-2-4-7(5)9(12)13/h2-6H,1,7,12H2;2-4H,1H3,(H,10,11)(H,12,13). The summed E-state index contributed by atoms with van der Waals surface area (Å²) in [4.78, 5) is 43.5. The van der Waals surface area contributed by atoms with Gasteiger partial charge in [-0.05, 0) is 36.3 Å². The summed E-state index contributed by atoms with van der Waals surface area (Å²) in [5.74, 6) is -3.35. The molecule has 0 saturated carbocycles. The molecule has 0 radical (unpaired) electrons. The molecule has 0 bridgehead atoms. The van der Waals surface area contributed by atoms with E-state index < -0.39 is 23.5 Å². The summed E-state index contributed by atoms with van der Waals surface area (Å²) in [5, 5.41) is 17.4. The van der Waals surface area contributed by atoms with Crippen LogP contribution in [0.4, 0.5) is 0 Å². The number of Topliss-reactive ketones (excluding diaryl/α,β-unsaturated/α-hetero) is 1.